The van der Waals surface area contributed by atoms with Gasteiger partial charge in [0, 0.05) is 50.6 Å². The summed E-state index contributed by atoms with van der Waals surface area (Å²) < 4.78 is 77.5. The molecule has 0 aliphatic heterocycles. The molecular formula is C56H41N3. The lowest BCUT2D eigenvalue weighted by Gasteiger charge is -2.19. The van der Waals surface area contributed by atoms with Crippen molar-refractivity contribution in [3.8, 4) is 67.3 Å². The Balaban J connectivity index is 0.986. The van der Waals surface area contributed by atoms with E-state index < -0.39 is 26.0 Å². The first-order valence-corrected chi connectivity index (χ1v) is 19.6. The predicted molar refractivity (Wildman–Crippen MR) is 248 cm³/mol. The Labute approximate surface area is 356 Å². The van der Waals surface area contributed by atoms with Gasteiger partial charge in [-0.25, -0.2) is 9.97 Å². The second-order valence-corrected chi connectivity index (χ2v) is 15.2. The lowest BCUT2D eigenvalue weighted by molar-refractivity contribution is 0.591. The van der Waals surface area contributed by atoms with Crippen LogP contribution in [0.2, 0.25) is 0 Å². The first kappa shape index (κ1) is 26.5. The van der Waals surface area contributed by atoms with Gasteiger partial charge in [0.2, 0.25) is 0 Å². The molecule has 0 spiro atoms. The van der Waals surface area contributed by atoms with E-state index in [-0.39, 0.29) is 5.56 Å². The lowest BCUT2D eigenvalue weighted by atomic mass is 9.86. The third-order valence-corrected chi connectivity index (χ3v) is 11.5. The van der Waals surface area contributed by atoms with Gasteiger partial charge in [-0.2, -0.15) is 0 Å². The van der Waals surface area contributed by atoms with Crippen LogP contribution >= 0.6 is 0 Å². The van der Waals surface area contributed by atoms with E-state index in [4.69, 9.17) is 22.3 Å². The van der Waals surface area contributed by atoms with Gasteiger partial charge in [0.1, 0.15) is 0 Å². The number of para-hydroxylation sites is 1. The molecule has 3 nitrogen and oxygen atoms in total. The highest BCUT2D eigenvalue weighted by atomic mass is 14.9. The maximum Gasteiger partial charge on any atom is 0.160 e. The minimum absolute atomic E-state index is 0.278. The number of aromatic nitrogens is 3. The quantitative estimate of drug-likeness (QED) is 0.169. The molecule has 0 radical (unpaired) electrons. The largest absolute Gasteiger partial charge is 0.308 e. The van der Waals surface area contributed by atoms with E-state index >= 15 is 0 Å². The lowest BCUT2D eigenvalue weighted by Crippen LogP contribution is -2.10. The van der Waals surface area contributed by atoms with E-state index in [1.807, 2.05) is 83.3 Å². The Morgan fingerprint density at radius 2 is 0.814 bits per heavy atom. The van der Waals surface area contributed by atoms with Gasteiger partial charge in [0.25, 0.3) is 0 Å². The minimum Gasteiger partial charge on any atom is -0.308 e. The monoisotopic (exact) mass is 764 g/mol. The van der Waals surface area contributed by atoms with Gasteiger partial charge >= 0.3 is 0 Å². The second-order valence-electron chi connectivity index (χ2n) is 15.2. The van der Waals surface area contributed by atoms with Crippen LogP contribution in [0.3, 0.4) is 0 Å². The summed E-state index contributed by atoms with van der Waals surface area (Å²) >= 11 is 0. The minimum atomic E-state index is -3.38. The molecule has 0 unspecified atom stereocenters. The number of hydrogen-bond donors (Lipinski definition) is 0. The standard InChI is InChI=1S/C56H41N3/c1-56(2,3)45-27-29-47-49-25-13-24-48-46-28-26-43(33-52(46)59(54(48)49)53(47)34-45)41-21-11-19-39(31-41)38-18-10-20-40(30-38)42-22-12-23-44(32-42)55-57-50(36-14-6-4-7-15-36)35-51(58-55)37-16-8-5-9-17-37/h4-35H,1-3H3/i1D3,2D3,3D3. The van der Waals surface area contributed by atoms with Crippen LogP contribution in [0.5, 0.6) is 0 Å². The van der Waals surface area contributed by atoms with Crippen LogP contribution in [-0.2, 0) is 5.41 Å². The van der Waals surface area contributed by atoms with Gasteiger partial charge in [-0.15, -0.1) is 0 Å². The number of benzene rings is 8. The summed E-state index contributed by atoms with van der Waals surface area (Å²) in [6.45, 7) is -10.1. The van der Waals surface area contributed by atoms with Crippen molar-refractivity contribution < 1.29 is 12.3 Å². The van der Waals surface area contributed by atoms with Crippen LogP contribution in [-0.4, -0.2) is 14.4 Å². The van der Waals surface area contributed by atoms with E-state index in [1.54, 1.807) is 6.07 Å². The molecular weight excluding hydrogens is 715 g/mol. The maximum atomic E-state index is 8.39. The molecule has 3 aromatic heterocycles. The summed E-state index contributed by atoms with van der Waals surface area (Å²) in [4.78, 5) is 10.1. The first-order valence-electron chi connectivity index (χ1n) is 24.1. The van der Waals surface area contributed by atoms with Crippen LogP contribution in [0.1, 0.15) is 38.5 Å². The number of nitrogens with zero attached hydrogens (tertiary/aromatic N) is 3. The predicted octanol–water partition coefficient (Wildman–Crippen LogP) is 14.9. The summed E-state index contributed by atoms with van der Waals surface area (Å²) in [7, 11) is 0. The molecule has 0 saturated heterocycles. The Kier molecular flexibility index (Phi) is 6.14. The van der Waals surface area contributed by atoms with Crippen molar-refractivity contribution in [2.75, 3.05) is 0 Å². The molecule has 0 bridgehead atoms. The van der Waals surface area contributed by atoms with Gasteiger partial charge in [-0.1, -0.05) is 178 Å². The van der Waals surface area contributed by atoms with Crippen LogP contribution in [0.4, 0.5) is 0 Å². The summed E-state index contributed by atoms with van der Waals surface area (Å²) in [5.74, 6) is 0.636. The Hall–Kier alpha value is -7.36. The summed E-state index contributed by atoms with van der Waals surface area (Å²) in [6, 6.07) is 64.1. The summed E-state index contributed by atoms with van der Waals surface area (Å²) in [6.07, 6.45) is 0. The summed E-state index contributed by atoms with van der Waals surface area (Å²) in [5.41, 5.74) is 9.47. The highest BCUT2D eigenvalue weighted by Gasteiger charge is 2.21. The fourth-order valence-corrected chi connectivity index (χ4v) is 8.58. The van der Waals surface area contributed by atoms with E-state index in [1.165, 1.54) is 12.1 Å². The van der Waals surface area contributed by atoms with Crippen molar-refractivity contribution in [2.24, 2.45) is 0 Å². The molecule has 0 fully saturated rings. The van der Waals surface area contributed by atoms with Crippen molar-refractivity contribution in [3.63, 3.8) is 0 Å². The fraction of sp³-hybridized carbons (Fsp3) is 0.0714. The fourth-order valence-electron chi connectivity index (χ4n) is 8.58. The van der Waals surface area contributed by atoms with Crippen molar-refractivity contribution in [1.82, 2.24) is 14.4 Å². The van der Waals surface area contributed by atoms with E-state index in [0.29, 0.717) is 11.3 Å². The Bertz CT molecular complexity index is 3610. The van der Waals surface area contributed by atoms with E-state index in [0.717, 1.165) is 94.0 Å². The van der Waals surface area contributed by atoms with Crippen molar-refractivity contribution >= 4 is 38.1 Å². The molecule has 280 valence electrons. The zero-order chi connectivity index (χ0) is 47.2. The second kappa shape index (κ2) is 13.6. The maximum absolute atomic E-state index is 8.39. The summed E-state index contributed by atoms with van der Waals surface area (Å²) in [5, 5.41) is 3.57. The molecule has 8 aromatic carbocycles. The third-order valence-electron chi connectivity index (χ3n) is 11.5. The van der Waals surface area contributed by atoms with Crippen LogP contribution < -0.4 is 0 Å². The number of hydrogen-bond acceptors (Lipinski definition) is 2. The van der Waals surface area contributed by atoms with Gasteiger partial charge < -0.3 is 4.40 Å². The molecule has 0 aliphatic rings. The smallest absolute Gasteiger partial charge is 0.160 e. The number of fused-ring (bicyclic) bond motifs is 6. The zero-order valence-electron chi connectivity index (χ0n) is 40.8. The molecule has 3 heteroatoms. The Morgan fingerprint density at radius 3 is 1.36 bits per heavy atom. The topological polar surface area (TPSA) is 30.2 Å². The van der Waals surface area contributed by atoms with Crippen molar-refractivity contribution in [1.29, 1.82) is 0 Å². The van der Waals surface area contributed by atoms with Gasteiger partial charge in [0.05, 0.1) is 27.9 Å². The molecule has 11 rings (SSSR count). The van der Waals surface area contributed by atoms with E-state index in [2.05, 4.69) is 97.1 Å². The first-order chi connectivity index (χ1) is 32.6. The average Bonchev–Trinajstić information content (AvgIpc) is 3.85. The van der Waals surface area contributed by atoms with Gasteiger partial charge in [-0.05, 0) is 80.8 Å². The molecule has 0 aliphatic carbocycles. The Morgan fingerprint density at radius 1 is 0.373 bits per heavy atom. The average molecular weight is 765 g/mol. The normalized spacial score (nSPS) is 14.9. The van der Waals surface area contributed by atoms with E-state index in [9.17, 15) is 0 Å². The molecule has 59 heavy (non-hydrogen) atoms. The van der Waals surface area contributed by atoms with Crippen molar-refractivity contribution in [2.45, 2.75) is 26.0 Å². The molecule has 11 aromatic rings. The zero-order valence-corrected chi connectivity index (χ0v) is 31.8. The molecule has 0 amide bonds. The van der Waals surface area contributed by atoms with Gasteiger partial charge in [-0.3, -0.25) is 0 Å². The highest BCUT2D eigenvalue weighted by molar-refractivity contribution is 6.23. The molecule has 0 atom stereocenters. The van der Waals surface area contributed by atoms with Gasteiger partial charge in [0.15, 0.2) is 5.82 Å². The number of rotatable bonds is 6. The van der Waals surface area contributed by atoms with Crippen LogP contribution in [0.25, 0.3) is 105 Å². The molecule has 0 saturated carbocycles. The highest BCUT2D eigenvalue weighted by Crippen LogP contribution is 2.42. The van der Waals surface area contributed by atoms with Crippen LogP contribution in [0, 0.1) is 0 Å². The third kappa shape index (κ3) is 6.06. The molecule has 3 heterocycles. The van der Waals surface area contributed by atoms with Crippen LogP contribution in [0.15, 0.2) is 194 Å². The molecule has 0 N–H and O–H groups in total. The van der Waals surface area contributed by atoms with Crippen molar-refractivity contribution in [3.05, 3.63) is 200 Å². The SMILES string of the molecule is [2H]C([2H])([2H])C(c1ccc2c3cccc4c5ccc(-c6cccc(-c7cccc(-c8cccc(-c9nc(-c%10ccccc%10)cc(-c%10ccccc%10)n9)c8)c7)c6)cc5n(c2c1)c43)(C([2H])([2H])[2H])C([2H])([2H])[2H].